The number of carboxylic acids is 1. The van der Waals surface area contributed by atoms with Gasteiger partial charge in [0.05, 0.1) is 6.54 Å². The van der Waals surface area contributed by atoms with Crippen LogP contribution in [0, 0.1) is 0 Å². The topological polar surface area (TPSA) is 222 Å². The number of hydrogen-bond donors (Lipinski definition) is 7. The van der Waals surface area contributed by atoms with Crippen molar-refractivity contribution < 1.29 is 24.3 Å². The molecule has 1 fully saturated rings. The van der Waals surface area contributed by atoms with Gasteiger partial charge >= 0.3 is 5.97 Å². The molecule has 1 aromatic carbocycles. The number of H-pyrrole nitrogens is 1. The molecule has 0 radical (unpaired) electrons. The van der Waals surface area contributed by atoms with Gasteiger partial charge in [-0.2, -0.15) is 0 Å². The lowest BCUT2D eigenvalue weighted by molar-refractivity contribution is -0.144. The van der Waals surface area contributed by atoms with E-state index in [9.17, 15) is 24.3 Å². The van der Waals surface area contributed by atoms with Gasteiger partial charge in [-0.15, -0.1) is 0 Å². The summed E-state index contributed by atoms with van der Waals surface area (Å²) in [5.74, 6) is -2.76. The number of aromatic nitrogens is 1. The maximum absolute atomic E-state index is 13.3. The second kappa shape index (κ2) is 12.7. The minimum absolute atomic E-state index is 0.0751. The third-order valence-electron chi connectivity index (χ3n) is 6.32. The van der Waals surface area contributed by atoms with Crippen LogP contribution in [0.15, 0.2) is 35.5 Å². The highest BCUT2D eigenvalue weighted by Crippen LogP contribution is 2.22. The standard InChI is InChI=1S/C24H34N8O5/c25-12-20(33)30-17(7-3-9-28-24(26)27)22(35)32-10-4-8-19(32)21(34)31-18(23(36)37)11-14-13-29-16-6-2-1-5-15(14)16/h1-2,5-6,13,17-19,29H,3-4,7-12,25H2,(H,30,33)(H,31,34)(H,36,37)(H4,26,27,28). The Morgan fingerprint density at radius 1 is 1.16 bits per heavy atom. The number of carboxylic acid groups (broad SMARTS) is 1. The number of hydrogen-bond acceptors (Lipinski definition) is 6. The Morgan fingerprint density at radius 2 is 1.92 bits per heavy atom. The smallest absolute Gasteiger partial charge is 0.326 e. The third-order valence-corrected chi connectivity index (χ3v) is 6.32. The number of benzene rings is 1. The number of nitrogens with zero attached hydrogens (tertiary/aromatic N) is 2. The molecule has 1 aliphatic rings. The summed E-state index contributed by atoms with van der Waals surface area (Å²) >= 11 is 0. The van der Waals surface area contributed by atoms with Gasteiger partial charge in [-0.1, -0.05) is 18.2 Å². The van der Waals surface area contributed by atoms with E-state index < -0.39 is 41.8 Å². The average Bonchev–Trinajstić information content (AvgIpc) is 3.52. The molecule has 3 amide bonds. The van der Waals surface area contributed by atoms with Crippen molar-refractivity contribution in [2.45, 2.75) is 50.2 Å². The van der Waals surface area contributed by atoms with Gasteiger partial charge in [-0.3, -0.25) is 19.4 Å². The monoisotopic (exact) mass is 514 g/mol. The van der Waals surface area contributed by atoms with Gasteiger partial charge in [-0.25, -0.2) is 4.79 Å². The van der Waals surface area contributed by atoms with Crippen molar-refractivity contribution in [3.63, 3.8) is 0 Å². The number of carbonyl (C=O) groups excluding carboxylic acids is 3. The van der Waals surface area contributed by atoms with Gasteiger partial charge in [0, 0.05) is 36.6 Å². The van der Waals surface area contributed by atoms with Crippen LogP contribution in [0.5, 0.6) is 0 Å². The van der Waals surface area contributed by atoms with Crippen LogP contribution in [0.4, 0.5) is 0 Å². The number of aliphatic imine (C=N–C) groups is 1. The summed E-state index contributed by atoms with van der Waals surface area (Å²) in [7, 11) is 0. The molecule has 10 N–H and O–H groups in total. The van der Waals surface area contributed by atoms with Crippen molar-refractivity contribution in [2.24, 2.45) is 22.2 Å². The first-order chi connectivity index (χ1) is 17.7. The number of aliphatic carboxylic acids is 1. The number of guanidine groups is 1. The largest absolute Gasteiger partial charge is 0.480 e. The van der Waals surface area contributed by atoms with E-state index in [-0.39, 0.29) is 31.9 Å². The molecular formula is C24H34N8O5. The molecule has 13 heteroatoms. The number of nitrogens with two attached hydrogens (primary N) is 3. The molecule has 2 aromatic rings. The Bertz CT molecular complexity index is 1160. The van der Waals surface area contributed by atoms with Crippen LogP contribution in [-0.4, -0.2) is 82.4 Å². The number of para-hydroxylation sites is 1. The highest BCUT2D eigenvalue weighted by molar-refractivity contribution is 5.94. The van der Waals surface area contributed by atoms with Crippen molar-refractivity contribution in [1.29, 1.82) is 0 Å². The SMILES string of the molecule is NCC(=O)NC(CCCN=C(N)N)C(=O)N1CCCC1C(=O)NC(Cc1c[nH]c2ccccc12)C(=O)O. The van der Waals surface area contributed by atoms with Gasteiger partial charge in [0.25, 0.3) is 0 Å². The van der Waals surface area contributed by atoms with Gasteiger partial charge in [-0.05, 0) is 37.3 Å². The van der Waals surface area contributed by atoms with Crippen LogP contribution in [-0.2, 0) is 25.6 Å². The Hall–Kier alpha value is -4.13. The summed E-state index contributed by atoms with van der Waals surface area (Å²) in [5, 5.41) is 15.9. The zero-order valence-corrected chi connectivity index (χ0v) is 20.5. The molecule has 0 saturated carbocycles. The normalized spacial score (nSPS) is 16.7. The molecule has 13 nitrogen and oxygen atoms in total. The number of rotatable bonds is 12. The molecule has 3 rings (SSSR count). The molecule has 0 aliphatic carbocycles. The molecule has 1 aliphatic heterocycles. The molecule has 0 bridgehead atoms. The van der Waals surface area contributed by atoms with E-state index in [1.165, 1.54) is 4.90 Å². The van der Waals surface area contributed by atoms with Crippen molar-refractivity contribution in [3.8, 4) is 0 Å². The summed E-state index contributed by atoms with van der Waals surface area (Å²) in [6.07, 6.45) is 3.40. The van der Waals surface area contributed by atoms with Crippen LogP contribution in [0.25, 0.3) is 10.9 Å². The second-order valence-electron chi connectivity index (χ2n) is 8.93. The zero-order chi connectivity index (χ0) is 26.9. The van der Waals surface area contributed by atoms with E-state index in [4.69, 9.17) is 17.2 Å². The maximum atomic E-state index is 13.3. The first kappa shape index (κ1) is 27.5. The van der Waals surface area contributed by atoms with Crippen LogP contribution < -0.4 is 27.8 Å². The third kappa shape index (κ3) is 7.19. The molecule has 0 spiro atoms. The summed E-state index contributed by atoms with van der Waals surface area (Å²) in [6.45, 7) is 0.276. The van der Waals surface area contributed by atoms with Crippen LogP contribution in [0.1, 0.15) is 31.2 Å². The Labute approximate surface area is 213 Å². The fraction of sp³-hybridized carbons (Fsp3) is 0.458. The molecule has 3 atom stereocenters. The fourth-order valence-electron chi connectivity index (χ4n) is 4.51. The number of aromatic amines is 1. The summed E-state index contributed by atoms with van der Waals surface area (Å²) < 4.78 is 0. The number of fused-ring (bicyclic) bond motifs is 1. The number of likely N-dealkylation sites (tertiary alicyclic amines) is 1. The van der Waals surface area contributed by atoms with E-state index in [0.29, 0.717) is 25.8 Å². The van der Waals surface area contributed by atoms with Crippen LogP contribution >= 0.6 is 0 Å². The number of amides is 3. The molecule has 2 heterocycles. The summed E-state index contributed by atoms with van der Waals surface area (Å²) in [6, 6.07) is 4.53. The van der Waals surface area contributed by atoms with E-state index in [1.54, 1.807) is 6.20 Å². The Morgan fingerprint density at radius 3 is 2.62 bits per heavy atom. The molecule has 37 heavy (non-hydrogen) atoms. The molecule has 200 valence electrons. The molecular weight excluding hydrogens is 480 g/mol. The minimum atomic E-state index is -1.18. The van der Waals surface area contributed by atoms with Gasteiger partial charge in [0.1, 0.15) is 18.1 Å². The van der Waals surface area contributed by atoms with E-state index in [1.807, 2.05) is 24.3 Å². The van der Waals surface area contributed by atoms with Crippen LogP contribution in [0.2, 0.25) is 0 Å². The first-order valence-corrected chi connectivity index (χ1v) is 12.1. The van der Waals surface area contributed by atoms with E-state index in [0.717, 1.165) is 16.5 Å². The van der Waals surface area contributed by atoms with Crippen LogP contribution in [0.3, 0.4) is 0 Å². The first-order valence-electron chi connectivity index (χ1n) is 12.1. The highest BCUT2D eigenvalue weighted by Gasteiger charge is 2.38. The predicted molar refractivity (Wildman–Crippen MR) is 137 cm³/mol. The maximum Gasteiger partial charge on any atom is 0.326 e. The number of nitrogens with one attached hydrogen (secondary N) is 3. The lowest BCUT2D eigenvalue weighted by atomic mass is 10.0. The van der Waals surface area contributed by atoms with E-state index in [2.05, 4.69) is 20.6 Å². The number of carbonyl (C=O) groups is 4. The lowest BCUT2D eigenvalue weighted by Crippen LogP contribution is -2.56. The highest BCUT2D eigenvalue weighted by atomic mass is 16.4. The average molecular weight is 515 g/mol. The van der Waals surface area contributed by atoms with Gasteiger partial charge < -0.3 is 42.8 Å². The summed E-state index contributed by atoms with van der Waals surface area (Å²) in [4.78, 5) is 58.8. The lowest BCUT2D eigenvalue weighted by Gasteiger charge is -2.29. The predicted octanol–water partition coefficient (Wildman–Crippen LogP) is -1.23. The minimum Gasteiger partial charge on any atom is -0.480 e. The Balaban J connectivity index is 1.70. The molecule has 1 saturated heterocycles. The molecule has 1 aromatic heterocycles. The summed E-state index contributed by atoms with van der Waals surface area (Å²) in [5.41, 5.74) is 17.7. The van der Waals surface area contributed by atoms with Crippen molar-refractivity contribution in [1.82, 2.24) is 20.5 Å². The fourth-order valence-corrected chi connectivity index (χ4v) is 4.51. The van der Waals surface area contributed by atoms with Crippen molar-refractivity contribution >= 4 is 40.6 Å². The van der Waals surface area contributed by atoms with Crippen molar-refractivity contribution in [2.75, 3.05) is 19.6 Å². The van der Waals surface area contributed by atoms with Gasteiger partial charge in [0.2, 0.25) is 17.7 Å². The molecule has 3 unspecified atom stereocenters. The van der Waals surface area contributed by atoms with Gasteiger partial charge in [0.15, 0.2) is 5.96 Å². The second-order valence-corrected chi connectivity index (χ2v) is 8.93. The van der Waals surface area contributed by atoms with Crippen molar-refractivity contribution in [3.05, 3.63) is 36.0 Å². The Kier molecular flexibility index (Phi) is 9.44. The van der Waals surface area contributed by atoms with E-state index >= 15 is 0 Å². The zero-order valence-electron chi connectivity index (χ0n) is 20.5. The quantitative estimate of drug-likeness (QED) is 0.103.